The largest absolute Gasteiger partial charge is 4.00 e. The molecule has 21 heavy (non-hydrogen) atoms. The fourth-order valence-electron chi connectivity index (χ4n) is 0.534. The van der Waals surface area contributed by atoms with Crippen LogP contribution in [0.1, 0.15) is 40.0 Å². The van der Waals surface area contributed by atoms with Gasteiger partial charge >= 0.3 is 76.8 Å². The summed E-state index contributed by atoms with van der Waals surface area (Å²) in [6, 6.07) is 6.27. The molecule has 122 valence electrons. The number of hydrogen-bond acceptors (Lipinski definition) is 0. The van der Waals surface area contributed by atoms with Crippen LogP contribution in [0.4, 0.5) is 7.00 Å². The van der Waals surface area contributed by atoms with Crippen molar-refractivity contribution in [1.82, 2.24) is 0 Å². The van der Waals surface area contributed by atoms with Gasteiger partial charge in [-0.15, -0.1) is 0 Å². The number of halogens is 2. The van der Waals surface area contributed by atoms with Gasteiger partial charge in [0, 0.05) is 0 Å². The molecule has 0 saturated carbocycles. The molecule has 0 unspecified atom stereocenters. The average Bonchev–Trinajstić information content (AvgIpc) is 3.02. The van der Waals surface area contributed by atoms with Crippen molar-refractivity contribution in [2.75, 3.05) is 19.6 Å². The Morgan fingerprint density at radius 2 is 1.05 bits per heavy atom. The first kappa shape index (κ1) is 29.5. The maximum Gasteiger partial charge on any atom is 4.00 e. The number of hydrogen-bond donors (Lipinski definition) is 0. The summed E-state index contributed by atoms with van der Waals surface area (Å²) >= 11 is -3.89. The summed E-state index contributed by atoms with van der Waals surface area (Å²) in [5, 5.41) is 0. The van der Waals surface area contributed by atoms with Crippen molar-refractivity contribution in [2.45, 2.75) is 40.0 Å². The fraction of sp³-hybridized carbons (Fsp3) is 0.643. The van der Waals surface area contributed by atoms with Crippen LogP contribution in [0.5, 0.6) is 0 Å². The Morgan fingerprint density at radius 3 is 1.14 bits per heavy atom. The van der Waals surface area contributed by atoms with Gasteiger partial charge in [0.05, 0.1) is 0 Å². The third-order valence-corrected chi connectivity index (χ3v) is 3.56. The van der Waals surface area contributed by atoms with E-state index in [0.29, 0.717) is 19.6 Å². The third-order valence-electron chi connectivity index (χ3n) is 1.69. The number of nitrogens with one attached hydrogen (secondary N) is 3. The Labute approximate surface area is 153 Å². The summed E-state index contributed by atoms with van der Waals surface area (Å²) < 4.78 is 23.9. The van der Waals surface area contributed by atoms with E-state index in [2.05, 4.69) is 0 Å². The van der Waals surface area contributed by atoms with Crippen LogP contribution >= 0.6 is 0 Å². The molecule has 0 fully saturated rings. The maximum absolute atomic E-state index is 11.8. The zero-order valence-electron chi connectivity index (χ0n) is 13.4. The van der Waals surface area contributed by atoms with Gasteiger partial charge in [-0.1, -0.05) is 40.0 Å². The van der Waals surface area contributed by atoms with E-state index in [1.54, 1.807) is 12.1 Å². The molecule has 0 radical (unpaired) electrons. The van der Waals surface area contributed by atoms with Crippen LogP contribution in [-0.2, 0) is 25.8 Å². The van der Waals surface area contributed by atoms with E-state index < -0.39 is 15.3 Å². The Balaban J connectivity index is -0.0000000973. The van der Waals surface area contributed by atoms with Crippen LogP contribution in [0.2, 0.25) is 0 Å². The van der Waals surface area contributed by atoms with E-state index in [-0.39, 0.29) is 30.2 Å². The summed E-state index contributed by atoms with van der Waals surface area (Å²) in [4.78, 5) is 0. The minimum atomic E-state index is -3.89. The second-order valence-corrected chi connectivity index (χ2v) is 6.43. The molecule has 1 aromatic rings. The van der Waals surface area contributed by atoms with Crippen LogP contribution in [0.3, 0.4) is 0 Å². The quantitative estimate of drug-likeness (QED) is 0.385. The van der Waals surface area contributed by atoms with Crippen LogP contribution in [0.15, 0.2) is 24.3 Å². The van der Waals surface area contributed by atoms with E-state index >= 15 is 0 Å². The first-order chi connectivity index (χ1) is 9.55. The van der Waals surface area contributed by atoms with Crippen LogP contribution in [0, 0.1) is 0 Å². The molecule has 0 amide bonds. The first-order valence-corrected chi connectivity index (χ1v) is 10.0. The van der Waals surface area contributed by atoms with Gasteiger partial charge in [-0.25, -0.2) is 0 Å². The Kier molecular flexibility index (Phi) is 40.2. The summed E-state index contributed by atoms with van der Waals surface area (Å²) in [5.74, 6) is 0. The van der Waals surface area contributed by atoms with Gasteiger partial charge in [0.2, 0.25) is 0 Å². The summed E-state index contributed by atoms with van der Waals surface area (Å²) in [5.41, 5.74) is 19.4. The third kappa shape index (κ3) is 33.4. The zero-order valence-corrected chi connectivity index (χ0v) is 19.4. The second-order valence-electron chi connectivity index (χ2n) is 3.77. The monoisotopic (exact) mass is 531 g/mol. The molecule has 0 atom stereocenters. The molecule has 0 aromatic heterocycles. The van der Waals surface area contributed by atoms with Crippen molar-refractivity contribution in [3.8, 4) is 0 Å². The molecule has 0 aliphatic heterocycles. The molecule has 0 bridgehead atoms. The molecule has 0 spiro atoms. The smallest absolute Gasteiger partial charge is 4.00 e. The topological polar surface area (TPSA) is 71.4 Å². The van der Waals surface area contributed by atoms with Crippen molar-refractivity contribution >= 4 is 19.7 Å². The van der Waals surface area contributed by atoms with Crippen LogP contribution < -0.4 is 4.40 Å². The minimum Gasteiger partial charge on any atom is 4.00 e. The second kappa shape index (κ2) is 28.6. The first-order valence-electron chi connectivity index (χ1n) is 6.98. The molecule has 3 nitrogen and oxygen atoms in total. The molecule has 1 rings (SSSR count). The molecular formula is C14H29F2GeHfN3. The average molecular weight is 529 g/mol. The van der Waals surface area contributed by atoms with Gasteiger partial charge in [-0.2, -0.15) is 19.6 Å². The molecule has 7 heteroatoms. The van der Waals surface area contributed by atoms with Crippen molar-refractivity contribution in [2.24, 2.45) is 0 Å². The van der Waals surface area contributed by atoms with E-state index in [9.17, 15) is 7.00 Å². The van der Waals surface area contributed by atoms with Gasteiger partial charge in [-0.05, 0) is 0 Å². The van der Waals surface area contributed by atoms with Crippen molar-refractivity contribution in [3.63, 3.8) is 0 Å². The summed E-state index contributed by atoms with van der Waals surface area (Å²) in [6.45, 7) is 7.69. The standard InChI is InChI=1S/C5H5F2Ge.3C3H8N.Hf/c6-8(7)5-3-1-2-4-5;3*1-2-3-4;/h1-4,8H;3*4H,2-3H2,1H3;/q4*-1;+4. The van der Waals surface area contributed by atoms with E-state index in [1.807, 2.05) is 20.8 Å². The molecule has 1 aromatic carbocycles. The van der Waals surface area contributed by atoms with Crippen LogP contribution in [0.25, 0.3) is 17.2 Å². The minimum absolute atomic E-state index is 0. The van der Waals surface area contributed by atoms with Crippen molar-refractivity contribution < 1.29 is 32.8 Å². The van der Waals surface area contributed by atoms with Gasteiger partial charge < -0.3 is 17.2 Å². The van der Waals surface area contributed by atoms with Gasteiger partial charge in [-0.3, -0.25) is 0 Å². The Bertz CT molecular complexity index is 223. The number of rotatable bonds is 4. The fourth-order valence-corrected chi connectivity index (χ4v) is 1.61. The summed E-state index contributed by atoms with van der Waals surface area (Å²) in [7, 11) is 0. The van der Waals surface area contributed by atoms with Crippen molar-refractivity contribution in [1.29, 1.82) is 0 Å². The summed E-state index contributed by atoms with van der Waals surface area (Å²) in [6.07, 6.45) is 2.96. The normalized spacial score (nSPS) is 8.24. The van der Waals surface area contributed by atoms with E-state index in [0.717, 1.165) is 19.3 Å². The molecule has 0 saturated heterocycles. The predicted octanol–water partition coefficient (Wildman–Crippen LogP) is 5.12. The van der Waals surface area contributed by atoms with Gasteiger partial charge in [0.25, 0.3) is 0 Å². The van der Waals surface area contributed by atoms with Gasteiger partial charge in [0.15, 0.2) is 0 Å². The molecule has 0 heterocycles. The molecule has 0 aliphatic carbocycles. The van der Waals surface area contributed by atoms with E-state index in [1.165, 1.54) is 12.1 Å². The Morgan fingerprint density at radius 1 is 0.810 bits per heavy atom. The molecule has 3 N–H and O–H groups in total. The zero-order chi connectivity index (χ0) is 16.2. The van der Waals surface area contributed by atoms with Crippen molar-refractivity contribution in [3.05, 3.63) is 41.5 Å². The molecule has 0 aliphatic rings. The SMILES string of the molecule is CCC[NH-].CCC[NH-].CCC[NH-].[F][GeH]([F])[c-]1cccc1.[Hf+4]. The maximum atomic E-state index is 11.8. The Hall–Kier alpha value is 0.503. The van der Waals surface area contributed by atoms with Crippen LogP contribution in [-0.4, -0.2) is 34.9 Å². The van der Waals surface area contributed by atoms with Gasteiger partial charge in [0.1, 0.15) is 0 Å². The predicted molar refractivity (Wildman–Crippen MR) is 89.5 cm³/mol. The molecular weight excluding hydrogens is 499 g/mol. The van der Waals surface area contributed by atoms with E-state index in [4.69, 9.17) is 17.2 Å².